The van der Waals surface area contributed by atoms with E-state index in [2.05, 4.69) is 15.0 Å². The van der Waals surface area contributed by atoms with Gasteiger partial charge in [0.2, 0.25) is 0 Å². The SMILES string of the molecule is Cc1cccc(=O)n1CCCn1cnc2nccnc2c1=O. The topological polar surface area (TPSA) is 82.7 Å². The normalized spacial score (nSPS) is 11.0. The third kappa shape index (κ3) is 2.65. The Hall–Kier alpha value is -2.83. The van der Waals surface area contributed by atoms with Crippen molar-refractivity contribution in [2.45, 2.75) is 26.4 Å². The first-order chi connectivity index (χ1) is 10.7. The number of fused-ring (bicyclic) bond motifs is 1. The standard InChI is InChI=1S/C15H15N5O2/c1-11-4-2-5-12(21)20(11)9-3-8-19-10-18-14-13(15(19)22)16-6-7-17-14/h2,4-7,10H,3,8-9H2,1H3. The zero-order valence-corrected chi connectivity index (χ0v) is 12.1. The minimum Gasteiger partial charge on any atom is -0.313 e. The van der Waals surface area contributed by atoms with Gasteiger partial charge < -0.3 is 4.57 Å². The van der Waals surface area contributed by atoms with Gasteiger partial charge in [-0.2, -0.15) is 0 Å². The van der Waals surface area contributed by atoms with E-state index in [1.807, 2.05) is 13.0 Å². The molecule has 112 valence electrons. The van der Waals surface area contributed by atoms with E-state index in [-0.39, 0.29) is 16.6 Å². The number of rotatable bonds is 4. The second-order valence-corrected chi connectivity index (χ2v) is 4.98. The molecule has 22 heavy (non-hydrogen) atoms. The lowest BCUT2D eigenvalue weighted by molar-refractivity contribution is 0.533. The Kier molecular flexibility index (Phi) is 3.78. The van der Waals surface area contributed by atoms with E-state index < -0.39 is 0 Å². The van der Waals surface area contributed by atoms with Crippen molar-refractivity contribution in [2.75, 3.05) is 0 Å². The van der Waals surface area contributed by atoms with Crippen LogP contribution in [-0.2, 0) is 13.1 Å². The molecule has 0 aliphatic heterocycles. The summed E-state index contributed by atoms with van der Waals surface area (Å²) in [4.78, 5) is 36.2. The molecule has 0 amide bonds. The van der Waals surface area contributed by atoms with Crippen LogP contribution in [0.25, 0.3) is 11.2 Å². The molecule has 0 aromatic carbocycles. The largest absolute Gasteiger partial charge is 0.313 e. The van der Waals surface area contributed by atoms with Gasteiger partial charge in [0.25, 0.3) is 11.1 Å². The summed E-state index contributed by atoms with van der Waals surface area (Å²) in [5.41, 5.74) is 1.27. The quantitative estimate of drug-likeness (QED) is 0.709. The van der Waals surface area contributed by atoms with Crippen molar-refractivity contribution in [2.24, 2.45) is 0 Å². The lowest BCUT2D eigenvalue weighted by Gasteiger charge is -2.10. The molecule has 0 saturated heterocycles. The van der Waals surface area contributed by atoms with Gasteiger partial charge in [0.05, 0.1) is 0 Å². The van der Waals surface area contributed by atoms with Gasteiger partial charge in [-0.15, -0.1) is 0 Å². The molecule has 0 fully saturated rings. The molecule has 0 bridgehead atoms. The Morgan fingerprint density at radius 2 is 1.86 bits per heavy atom. The third-order valence-electron chi connectivity index (χ3n) is 3.51. The molecule has 0 spiro atoms. The number of nitrogens with zero attached hydrogens (tertiary/aromatic N) is 5. The molecule has 7 heteroatoms. The molecule has 3 heterocycles. The predicted molar refractivity (Wildman–Crippen MR) is 81.6 cm³/mol. The monoisotopic (exact) mass is 297 g/mol. The molecule has 7 nitrogen and oxygen atoms in total. The van der Waals surface area contributed by atoms with Crippen LogP contribution < -0.4 is 11.1 Å². The van der Waals surface area contributed by atoms with Gasteiger partial charge in [0.1, 0.15) is 6.33 Å². The van der Waals surface area contributed by atoms with Crippen molar-refractivity contribution in [3.63, 3.8) is 0 Å². The third-order valence-corrected chi connectivity index (χ3v) is 3.51. The average Bonchev–Trinajstić information content (AvgIpc) is 2.52. The van der Waals surface area contributed by atoms with E-state index in [1.54, 1.807) is 10.6 Å². The minimum atomic E-state index is -0.213. The summed E-state index contributed by atoms with van der Waals surface area (Å²) in [5, 5.41) is 0. The molecular weight excluding hydrogens is 282 g/mol. The zero-order valence-electron chi connectivity index (χ0n) is 12.1. The van der Waals surface area contributed by atoms with Crippen LogP contribution in [0.5, 0.6) is 0 Å². The van der Waals surface area contributed by atoms with Crippen molar-refractivity contribution in [1.82, 2.24) is 24.1 Å². The van der Waals surface area contributed by atoms with Gasteiger partial charge in [-0.1, -0.05) is 6.07 Å². The zero-order chi connectivity index (χ0) is 15.5. The minimum absolute atomic E-state index is 0.0325. The highest BCUT2D eigenvalue weighted by Gasteiger charge is 2.06. The molecule has 0 atom stereocenters. The van der Waals surface area contributed by atoms with Gasteiger partial charge in [-0.05, 0) is 19.4 Å². The van der Waals surface area contributed by atoms with E-state index in [0.29, 0.717) is 25.2 Å². The van der Waals surface area contributed by atoms with Crippen LogP contribution in [-0.4, -0.2) is 24.1 Å². The van der Waals surface area contributed by atoms with Crippen LogP contribution in [0.15, 0.2) is 46.5 Å². The van der Waals surface area contributed by atoms with Gasteiger partial charge in [0.15, 0.2) is 11.2 Å². The van der Waals surface area contributed by atoms with E-state index >= 15 is 0 Å². The first-order valence-electron chi connectivity index (χ1n) is 6.99. The van der Waals surface area contributed by atoms with Crippen molar-refractivity contribution < 1.29 is 0 Å². The Morgan fingerprint density at radius 1 is 1.05 bits per heavy atom. The predicted octanol–water partition coefficient (Wildman–Crippen LogP) is 0.747. The van der Waals surface area contributed by atoms with Crippen molar-refractivity contribution >= 4 is 11.2 Å². The highest BCUT2D eigenvalue weighted by Crippen LogP contribution is 2.00. The average molecular weight is 297 g/mol. The molecule has 0 N–H and O–H groups in total. The van der Waals surface area contributed by atoms with Gasteiger partial charge in [-0.3, -0.25) is 14.2 Å². The Bertz CT molecular complexity index is 929. The molecular formula is C15H15N5O2. The van der Waals surface area contributed by atoms with Crippen LogP contribution in [0.3, 0.4) is 0 Å². The fraction of sp³-hybridized carbons (Fsp3) is 0.267. The van der Waals surface area contributed by atoms with Crippen LogP contribution in [0, 0.1) is 6.92 Å². The summed E-state index contributed by atoms with van der Waals surface area (Å²) in [7, 11) is 0. The van der Waals surface area contributed by atoms with Crippen molar-refractivity contribution in [1.29, 1.82) is 0 Å². The fourth-order valence-corrected chi connectivity index (χ4v) is 2.36. The smallest absolute Gasteiger partial charge is 0.281 e. The first kappa shape index (κ1) is 14.1. The molecule has 3 aromatic heterocycles. The Morgan fingerprint density at radius 3 is 2.68 bits per heavy atom. The maximum absolute atomic E-state index is 12.3. The van der Waals surface area contributed by atoms with Gasteiger partial charge >= 0.3 is 0 Å². The van der Waals surface area contributed by atoms with Crippen molar-refractivity contribution in [3.8, 4) is 0 Å². The molecule has 0 unspecified atom stereocenters. The van der Waals surface area contributed by atoms with E-state index in [1.165, 1.54) is 29.4 Å². The summed E-state index contributed by atoms with van der Waals surface area (Å²) in [5.74, 6) is 0. The number of hydrogen-bond donors (Lipinski definition) is 0. The van der Waals surface area contributed by atoms with Crippen molar-refractivity contribution in [3.05, 3.63) is 63.3 Å². The first-order valence-corrected chi connectivity index (χ1v) is 6.99. The maximum atomic E-state index is 12.3. The second kappa shape index (κ2) is 5.88. The summed E-state index contributed by atoms with van der Waals surface area (Å²) in [6.07, 6.45) is 5.10. The van der Waals surface area contributed by atoms with Crippen LogP contribution >= 0.6 is 0 Å². The molecule has 0 aliphatic rings. The number of pyridine rings is 1. The van der Waals surface area contributed by atoms with Crippen LogP contribution in [0.1, 0.15) is 12.1 Å². The van der Waals surface area contributed by atoms with E-state index in [4.69, 9.17) is 0 Å². The van der Waals surface area contributed by atoms with Gasteiger partial charge in [0, 0.05) is 37.2 Å². The molecule has 0 saturated carbocycles. The summed E-state index contributed by atoms with van der Waals surface area (Å²) in [6, 6.07) is 5.16. The van der Waals surface area contributed by atoms with E-state index in [0.717, 1.165) is 5.69 Å². The molecule has 3 rings (SSSR count). The summed E-state index contributed by atoms with van der Waals surface area (Å²) >= 11 is 0. The molecule has 0 aliphatic carbocycles. The maximum Gasteiger partial charge on any atom is 0.281 e. The fourth-order valence-electron chi connectivity index (χ4n) is 2.36. The summed E-state index contributed by atoms with van der Waals surface area (Å²) in [6.45, 7) is 2.91. The number of hydrogen-bond acceptors (Lipinski definition) is 5. The summed E-state index contributed by atoms with van der Waals surface area (Å²) < 4.78 is 3.19. The highest BCUT2D eigenvalue weighted by molar-refractivity contribution is 5.66. The highest BCUT2D eigenvalue weighted by atomic mass is 16.1. The Balaban J connectivity index is 1.79. The number of aromatic nitrogens is 5. The molecule has 0 radical (unpaired) electrons. The van der Waals surface area contributed by atoms with Crippen LogP contribution in [0.2, 0.25) is 0 Å². The second-order valence-electron chi connectivity index (χ2n) is 4.98. The van der Waals surface area contributed by atoms with Crippen LogP contribution in [0.4, 0.5) is 0 Å². The number of aryl methyl sites for hydroxylation is 2. The van der Waals surface area contributed by atoms with Gasteiger partial charge in [-0.25, -0.2) is 15.0 Å². The molecule has 3 aromatic rings. The lowest BCUT2D eigenvalue weighted by Crippen LogP contribution is -2.25. The Labute approximate surface area is 125 Å². The van der Waals surface area contributed by atoms with E-state index in [9.17, 15) is 9.59 Å². The lowest BCUT2D eigenvalue weighted by atomic mass is 10.3.